The van der Waals surface area contributed by atoms with Gasteiger partial charge in [-0.1, -0.05) is 59.2 Å². The first-order valence-electron chi connectivity index (χ1n) is 8.61. The van der Waals surface area contributed by atoms with Crippen LogP contribution in [-0.4, -0.2) is 34.2 Å². The number of halogens is 2. The quantitative estimate of drug-likeness (QED) is 0.717. The molecule has 1 heterocycles. The second-order valence-corrected chi connectivity index (χ2v) is 8.45. The van der Waals surface area contributed by atoms with Crippen LogP contribution in [0.5, 0.6) is 0 Å². The normalized spacial score (nSPS) is 18.0. The molecule has 3 rings (SSSR count). The molecule has 0 aliphatic carbocycles. The highest BCUT2D eigenvalue weighted by Gasteiger charge is 2.37. The van der Waals surface area contributed by atoms with Crippen molar-refractivity contribution in [1.82, 2.24) is 4.90 Å². The standard InChI is InChI=1S/C20H19Cl2N3O2S/c1-11-6-4-7-12(2)18(11)24-16(26)10-15-19(27)25(3)20(28-15)23-14-9-5-8-13(21)17(14)22/h4-9,15H,10H2,1-3H3,(H,24,26)/t15-/m1/s1. The van der Waals surface area contributed by atoms with Crippen molar-refractivity contribution in [3.05, 3.63) is 57.6 Å². The van der Waals surface area contributed by atoms with Gasteiger partial charge in [0.05, 0.1) is 15.7 Å². The number of hydrogen-bond acceptors (Lipinski definition) is 4. The lowest BCUT2D eigenvalue weighted by Crippen LogP contribution is -2.30. The summed E-state index contributed by atoms with van der Waals surface area (Å²) in [6, 6.07) is 10.9. The van der Waals surface area contributed by atoms with Crippen LogP contribution in [0.3, 0.4) is 0 Å². The minimum Gasteiger partial charge on any atom is -0.326 e. The van der Waals surface area contributed by atoms with Crippen LogP contribution in [0.15, 0.2) is 41.4 Å². The van der Waals surface area contributed by atoms with Gasteiger partial charge in [0.15, 0.2) is 5.17 Å². The molecule has 146 valence electrons. The Labute approximate surface area is 178 Å². The Morgan fingerprint density at radius 2 is 1.82 bits per heavy atom. The van der Waals surface area contributed by atoms with Crippen LogP contribution >= 0.6 is 35.0 Å². The van der Waals surface area contributed by atoms with Crippen LogP contribution in [0, 0.1) is 13.8 Å². The third-order valence-corrected chi connectivity index (χ3v) is 6.44. The van der Waals surface area contributed by atoms with E-state index in [4.69, 9.17) is 23.2 Å². The number of para-hydroxylation sites is 1. The van der Waals surface area contributed by atoms with Gasteiger partial charge in [-0.3, -0.25) is 14.5 Å². The average molecular weight is 436 g/mol. The highest BCUT2D eigenvalue weighted by molar-refractivity contribution is 8.15. The van der Waals surface area contributed by atoms with Crippen LogP contribution < -0.4 is 5.32 Å². The molecule has 0 bridgehead atoms. The Balaban J connectivity index is 1.74. The van der Waals surface area contributed by atoms with Crippen LogP contribution in [0.2, 0.25) is 10.0 Å². The van der Waals surface area contributed by atoms with Gasteiger partial charge in [-0.2, -0.15) is 0 Å². The number of rotatable bonds is 4. The van der Waals surface area contributed by atoms with E-state index in [1.54, 1.807) is 25.2 Å². The summed E-state index contributed by atoms with van der Waals surface area (Å²) >= 11 is 13.5. The van der Waals surface area contributed by atoms with Gasteiger partial charge in [0.2, 0.25) is 11.8 Å². The highest BCUT2D eigenvalue weighted by atomic mass is 35.5. The number of carbonyl (C=O) groups is 2. The molecule has 0 saturated carbocycles. The number of aliphatic imine (C=N–C) groups is 1. The molecular weight excluding hydrogens is 417 g/mol. The molecule has 0 spiro atoms. The first-order valence-corrected chi connectivity index (χ1v) is 10.2. The number of hydrogen-bond donors (Lipinski definition) is 1. The molecule has 0 unspecified atom stereocenters. The zero-order valence-electron chi connectivity index (χ0n) is 15.6. The Morgan fingerprint density at radius 3 is 2.50 bits per heavy atom. The molecule has 2 aromatic carbocycles. The monoisotopic (exact) mass is 435 g/mol. The Kier molecular flexibility index (Phi) is 6.33. The lowest BCUT2D eigenvalue weighted by atomic mass is 10.1. The summed E-state index contributed by atoms with van der Waals surface area (Å²) < 4.78 is 0. The maximum atomic E-state index is 12.6. The van der Waals surface area contributed by atoms with Crippen molar-refractivity contribution in [1.29, 1.82) is 0 Å². The number of amidine groups is 1. The molecule has 8 heteroatoms. The number of aryl methyl sites for hydroxylation is 2. The predicted octanol–water partition coefficient (Wildman–Crippen LogP) is 5.20. The molecule has 2 aromatic rings. The van der Waals surface area contributed by atoms with E-state index < -0.39 is 5.25 Å². The molecule has 1 atom stereocenters. The van der Waals surface area contributed by atoms with Gasteiger partial charge >= 0.3 is 0 Å². The lowest BCUT2D eigenvalue weighted by Gasteiger charge is -2.12. The number of anilines is 1. The van der Waals surface area contributed by atoms with Gasteiger partial charge < -0.3 is 5.32 Å². The van der Waals surface area contributed by atoms with E-state index >= 15 is 0 Å². The van der Waals surface area contributed by atoms with Crippen molar-refractivity contribution >= 4 is 63.3 Å². The van der Waals surface area contributed by atoms with Crippen molar-refractivity contribution < 1.29 is 9.59 Å². The van der Waals surface area contributed by atoms with Crippen molar-refractivity contribution in [2.45, 2.75) is 25.5 Å². The van der Waals surface area contributed by atoms with Crippen LogP contribution in [0.4, 0.5) is 11.4 Å². The predicted molar refractivity (Wildman–Crippen MR) is 117 cm³/mol. The number of thioether (sulfide) groups is 1. The van der Waals surface area contributed by atoms with Crippen LogP contribution in [0.1, 0.15) is 17.5 Å². The second-order valence-electron chi connectivity index (χ2n) is 6.49. The van der Waals surface area contributed by atoms with E-state index in [9.17, 15) is 9.59 Å². The van der Waals surface area contributed by atoms with E-state index in [0.717, 1.165) is 16.8 Å². The van der Waals surface area contributed by atoms with E-state index in [-0.39, 0.29) is 18.2 Å². The molecule has 2 amide bonds. The summed E-state index contributed by atoms with van der Waals surface area (Å²) in [4.78, 5) is 31.0. The van der Waals surface area contributed by atoms with Crippen molar-refractivity contribution in [3.8, 4) is 0 Å². The fourth-order valence-corrected chi connectivity index (χ4v) is 4.33. The molecular formula is C20H19Cl2N3O2S. The van der Waals surface area contributed by atoms with Crippen molar-refractivity contribution in [3.63, 3.8) is 0 Å². The third-order valence-electron chi connectivity index (χ3n) is 4.40. The molecule has 1 fully saturated rings. The van der Waals surface area contributed by atoms with E-state index in [1.165, 1.54) is 16.7 Å². The smallest absolute Gasteiger partial charge is 0.242 e. The Bertz CT molecular complexity index is 958. The van der Waals surface area contributed by atoms with Gasteiger partial charge in [0.1, 0.15) is 5.25 Å². The third kappa shape index (κ3) is 4.35. The zero-order valence-corrected chi connectivity index (χ0v) is 18.0. The average Bonchev–Trinajstić information content (AvgIpc) is 2.90. The summed E-state index contributed by atoms with van der Waals surface area (Å²) in [5.74, 6) is -0.378. The highest BCUT2D eigenvalue weighted by Crippen LogP contribution is 2.36. The number of nitrogens with zero attached hydrogens (tertiary/aromatic N) is 2. The fraction of sp³-hybridized carbons (Fsp3) is 0.250. The first kappa shape index (κ1) is 20.7. The maximum absolute atomic E-state index is 12.6. The second kappa shape index (κ2) is 8.55. The van der Waals surface area contributed by atoms with Gasteiger partial charge in [0, 0.05) is 19.2 Å². The molecule has 5 nitrogen and oxygen atoms in total. The number of nitrogens with one attached hydrogen (secondary N) is 1. The molecule has 0 radical (unpaired) electrons. The minimum atomic E-state index is -0.536. The van der Waals surface area contributed by atoms with E-state index in [0.29, 0.717) is 20.9 Å². The minimum absolute atomic E-state index is 0.0594. The molecule has 1 aliphatic heterocycles. The number of amides is 2. The Morgan fingerprint density at radius 1 is 1.18 bits per heavy atom. The number of benzene rings is 2. The van der Waals surface area contributed by atoms with Crippen LogP contribution in [-0.2, 0) is 9.59 Å². The molecule has 1 saturated heterocycles. The number of carbonyl (C=O) groups excluding carboxylic acids is 2. The topological polar surface area (TPSA) is 61.8 Å². The molecule has 1 N–H and O–H groups in total. The van der Waals surface area contributed by atoms with Gasteiger partial charge in [-0.05, 0) is 37.1 Å². The van der Waals surface area contributed by atoms with Crippen LogP contribution in [0.25, 0.3) is 0 Å². The van der Waals surface area contributed by atoms with E-state index in [1.807, 2.05) is 32.0 Å². The summed E-state index contributed by atoms with van der Waals surface area (Å²) in [7, 11) is 1.63. The van der Waals surface area contributed by atoms with Crippen molar-refractivity contribution in [2.75, 3.05) is 12.4 Å². The first-order chi connectivity index (χ1) is 13.3. The van der Waals surface area contributed by atoms with Crippen molar-refractivity contribution in [2.24, 2.45) is 4.99 Å². The largest absolute Gasteiger partial charge is 0.326 e. The van der Waals surface area contributed by atoms with Gasteiger partial charge in [0.25, 0.3) is 0 Å². The Hall–Kier alpha value is -2.02. The zero-order chi connectivity index (χ0) is 20.4. The van der Waals surface area contributed by atoms with E-state index in [2.05, 4.69) is 10.3 Å². The maximum Gasteiger partial charge on any atom is 0.242 e. The lowest BCUT2D eigenvalue weighted by molar-refractivity contribution is -0.127. The SMILES string of the molecule is Cc1cccc(C)c1NC(=O)C[C@H]1SC(=Nc2cccc(Cl)c2Cl)N(C)C1=O. The summed E-state index contributed by atoms with van der Waals surface area (Å²) in [5.41, 5.74) is 3.23. The van der Waals surface area contributed by atoms with Gasteiger partial charge in [-0.15, -0.1) is 0 Å². The summed E-state index contributed by atoms with van der Waals surface area (Å²) in [5, 5.41) is 3.59. The summed E-state index contributed by atoms with van der Waals surface area (Å²) in [6.07, 6.45) is 0.0594. The fourth-order valence-electron chi connectivity index (χ4n) is 2.85. The molecule has 0 aromatic heterocycles. The van der Waals surface area contributed by atoms with Gasteiger partial charge in [-0.25, -0.2) is 4.99 Å². The molecule has 1 aliphatic rings. The molecule has 28 heavy (non-hydrogen) atoms. The summed E-state index contributed by atoms with van der Waals surface area (Å²) in [6.45, 7) is 3.87.